The number of carbonyl (C=O) groups is 1. The highest BCUT2D eigenvalue weighted by Crippen LogP contribution is 2.56. The van der Waals surface area contributed by atoms with Crippen LogP contribution in [0.3, 0.4) is 0 Å². The van der Waals surface area contributed by atoms with Gasteiger partial charge in [-0.1, -0.05) is 6.42 Å². The molecule has 27 heavy (non-hydrogen) atoms. The highest BCUT2D eigenvalue weighted by Gasteiger charge is 2.59. The third-order valence-corrected chi connectivity index (χ3v) is 6.44. The molecule has 2 aromatic heterocycles. The van der Waals surface area contributed by atoms with E-state index < -0.39 is 0 Å². The molecule has 2 saturated heterocycles. The lowest BCUT2D eigenvalue weighted by atomic mass is 9.54. The standard InChI is InChI=1S/C19H24N6O2/c26-18(23-15-3-1-8-21-17(15)25-13-20-12-22-25)24-11-19(6-2-7-19)16(24)14-4-9-27-10-5-14/h1,3,8,12-14,16H,2,4-7,9-11H2,(H,23,26). The Morgan fingerprint density at radius 3 is 2.85 bits per heavy atom. The van der Waals surface area contributed by atoms with E-state index in [-0.39, 0.29) is 6.03 Å². The molecule has 1 aliphatic carbocycles. The molecule has 0 aromatic carbocycles. The van der Waals surface area contributed by atoms with Gasteiger partial charge in [0.05, 0.1) is 5.69 Å². The number of likely N-dealkylation sites (tertiary alicyclic amines) is 1. The van der Waals surface area contributed by atoms with Crippen LogP contribution in [0.4, 0.5) is 10.5 Å². The van der Waals surface area contributed by atoms with Gasteiger partial charge in [-0.2, -0.15) is 5.10 Å². The number of urea groups is 1. The van der Waals surface area contributed by atoms with E-state index in [0.717, 1.165) is 32.6 Å². The van der Waals surface area contributed by atoms with Gasteiger partial charge in [0.15, 0.2) is 5.82 Å². The van der Waals surface area contributed by atoms with E-state index in [9.17, 15) is 4.79 Å². The Balaban J connectivity index is 1.35. The van der Waals surface area contributed by atoms with Gasteiger partial charge in [0.1, 0.15) is 12.7 Å². The number of pyridine rings is 1. The first-order chi connectivity index (χ1) is 13.3. The number of carbonyl (C=O) groups excluding carboxylic acids is 1. The Kier molecular flexibility index (Phi) is 4.07. The maximum atomic E-state index is 13.1. The maximum absolute atomic E-state index is 13.1. The minimum absolute atomic E-state index is 0.0432. The molecule has 8 heteroatoms. The van der Waals surface area contributed by atoms with Crippen LogP contribution in [0.15, 0.2) is 31.0 Å². The fourth-order valence-corrected chi connectivity index (χ4v) is 5.00. The van der Waals surface area contributed by atoms with Crippen molar-refractivity contribution in [2.45, 2.75) is 38.1 Å². The van der Waals surface area contributed by atoms with Crippen molar-refractivity contribution in [1.29, 1.82) is 0 Å². The third-order valence-electron chi connectivity index (χ3n) is 6.44. The molecule has 1 spiro atoms. The number of anilines is 1. The van der Waals surface area contributed by atoms with Crippen molar-refractivity contribution in [2.75, 3.05) is 25.1 Å². The molecule has 1 atom stereocenters. The highest BCUT2D eigenvalue weighted by atomic mass is 16.5. The topological polar surface area (TPSA) is 85.2 Å². The summed E-state index contributed by atoms with van der Waals surface area (Å²) in [5, 5.41) is 7.19. The quantitative estimate of drug-likeness (QED) is 0.900. The predicted octanol–water partition coefficient (Wildman–Crippen LogP) is 2.48. The van der Waals surface area contributed by atoms with E-state index >= 15 is 0 Å². The fourth-order valence-electron chi connectivity index (χ4n) is 5.00. The van der Waals surface area contributed by atoms with Gasteiger partial charge < -0.3 is 15.0 Å². The minimum atomic E-state index is -0.0432. The summed E-state index contributed by atoms with van der Waals surface area (Å²) < 4.78 is 7.11. The van der Waals surface area contributed by atoms with Crippen molar-refractivity contribution < 1.29 is 9.53 Å². The van der Waals surface area contributed by atoms with Crippen LogP contribution in [-0.2, 0) is 4.74 Å². The second-order valence-electron chi connectivity index (χ2n) is 7.88. The number of rotatable bonds is 3. The Labute approximate surface area is 157 Å². The lowest BCUT2D eigenvalue weighted by Gasteiger charge is -2.64. The second-order valence-corrected chi connectivity index (χ2v) is 7.88. The zero-order valence-electron chi connectivity index (χ0n) is 15.3. The number of hydrogen-bond donors (Lipinski definition) is 1. The van der Waals surface area contributed by atoms with E-state index in [0.29, 0.717) is 28.9 Å². The van der Waals surface area contributed by atoms with Crippen LogP contribution >= 0.6 is 0 Å². The smallest absolute Gasteiger partial charge is 0.322 e. The summed E-state index contributed by atoms with van der Waals surface area (Å²) in [6, 6.07) is 3.96. The van der Waals surface area contributed by atoms with Crippen LogP contribution in [0.5, 0.6) is 0 Å². The van der Waals surface area contributed by atoms with Crippen LogP contribution < -0.4 is 5.32 Å². The van der Waals surface area contributed by atoms with Crippen LogP contribution in [0.25, 0.3) is 5.82 Å². The predicted molar refractivity (Wildman–Crippen MR) is 98.5 cm³/mol. The molecule has 142 valence electrons. The summed E-state index contributed by atoms with van der Waals surface area (Å²) in [5.74, 6) is 1.12. The molecule has 3 fully saturated rings. The molecule has 0 bridgehead atoms. The monoisotopic (exact) mass is 368 g/mol. The molecule has 3 aliphatic rings. The van der Waals surface area contributed by atoms with Gasteiger partial charge >= 0.3 is 6.03 Å². The molecule has 4 heterocycles. The normalized spacial score (nSPS) is 24.3. The van der Waals surface area contributed by atoms with Crippen molar-refractivity contribution in [1.82, 2.24) is 24.6 Å². The average Bonchev–Trinajstić information content (AvgIpc) is 3.15. The molecule has 1 saturated carbocycles. The van der Waals surface area contributed by atoms with E-state index in [1.807, 2.05) is 17.0 Å². The van der Waals surface area contributed by atoms with Crippen molar-refractivity contribution in [3.05, 3.63) is 31.0 Å². The number of nitrogens with one attached hydrogen (secondary N) is 1. The van der Waals surface area contributed by atoms with Gasteiger partial charge in [-0.25, -0.2) is 19.4 Å². The molecular weight excluding hydrogens is 344 g/mol. The van der Waals surface area contributed by atoms with E-state index in [2.05, 4.69) is 20.4 Å². The van der Waals surface area contributed by atoms with E-state index in [1.54, 1.807) is 17.2 Å². The van der Waals surface area contributed by atoms with Crippen LogP contribution in [0.2, 0.25) is 0 Å². The number of amides is 2. The van der Waals surface area contributed by atoms with Crippen LogP contribution in [0.1, 0.15) is 32.1 Å². The first-order valence-electron chi connectivity index (χ1n) is 9.72. The highest BCUT2D eigenvalue weighted by molar-refractivity contribution is 5.92. The summed E-state index contributed by atoms with van der Waals surface area (Å²) in [6.45, 7) is 2.48. The fraction of sp³-hybridized carbons (Fsp3) is 0.579. The molecule has 2 aromatic rings. The molecular formula is C19H24N6O2. The Morgan fingerprint density at radius 2 is 2.15 bits per heavy atom. The molecule has 1 N–H and O–H groups in total. The summed E-state index contributed by atoms with van der Waals surface area (Å²) in [5.41, 5.74) is 0.997. The largest absolute Gasteiger partial charge is 0.381 e. The lowest BCUT2D eigenvalue weighted by molar-refractivity contribution is -0.135. The summed E-state index contributed by atoms with van der Waals surface area (Å²) >= 11 is 0. The van der Waals surface area contributed by atoms with Gasteiger partial charge in [-0.15, -0.1) is 0 Å². The molecule has 2 amide bonds. The van der Waals surface area contributed by atoms with Crippen LogP contribution in [0, 0.1) is 11.3 Å². The number of nitrogens with zero attached hydrogens (tertiary/aromatic N) is 5. The van der Waals surface area contributed by atoms with Crippen molar-refractivity contribution in [3.63, 3.8) is 0 Å². The van der Waals surface area contributed by atoms with Crippen LogP contribution in [-0.4, -0.2) is 56.5 Å². The summed E-state index contributed by atoms with van der Waals surface area (Å²) in [6.07, 6.45) is 10.6. The second kappa shape index (κ2) is 6.60. The molecule has 2 aliphatic heterocycles. The van der Waals surface area contributed by atoms with Gasteiger partial charge in [0.2, 0.25) is 0 Å². The Bertz CT molecular complexity index is 813. The van der Waals surface area contributed by atoms with E-state index in [1.165, 1.54) is 25.6 Å². The van der Waals surface area contributed by atoms with Gasteiger partial charge in [0.25, 0.3) is 0 Å². The minimum Gasteiger partial charge on any atom is -0.381 e. The van der Waals surface area contributed by atoms with Crippen molar-refractivity contribution >= 4 is 11.7 Å². The summed E-state index contributed by atoms with van der Waals surface area (Å²) in [7, 11) is 0. The molecule has 5 rings (SSSR count). The zero-order valence-corrected chi connectivity index (χ0v) is 15.3. The molecule has 8 nitrogen and oxygen atoms in total. The molecule has 0 radical (unpaired) electrons. The summed E-state index contributed by atoms with van der Waals surface area (Å²) in [4.78, 5) is 23.5. The first-order valence-corrected chi connectivity index (χ1v) is 9.72. The SMILES string of the molecule is O=C(Nc1cccnc1-n1cncn1)N1CC2(CCC2)C1C1CCOCC1. The van der Waals surface area contributed by atoms with Crippen molar-refractivity contribution in [3.8, 4) is 5.82 Å². The third kappa shape index (κ3) is 2.79. The number of hydrogen-bond acceptors (Lipinski definition) is 5. The first kappa shape index (κ1) is 16.7. The maximum Gasteiger partial charge on any atom is 0.322 e. The van der Waals surface area contributed by atoms with Gasteiger partial charge in [-0.3, -0.25) is 0 Å². The Hall–Kier alpha value is -2.48. The zero-order chi connectivity index (χ0) is 18.3. The van der Waals surface area contributed by atoms with Gasteiger partial charge in [-0.05, 0) is 43.7 Å². The van der Waals surface area contributed by atoms with Crippen molar-refractivity contribution in [2.24, 2.45) is 11.3 Å². The Morgan fingerprint density at radius 1 is 1.30 bits per heavy atom. The average molecular weight is 368 g/mol. The number of ether oxygens (including phenoxy) is 1. The van der Waals surface area contributed by atoms with Gasteiger partial charge in [0, 0.05) is 37.4 Å². The van der Waals surface area contributed by atoms with E-state index in [4.69, 9.17) is 4.74 Å². The molecule has 1 unspecified atom stereocenters. The number of aromatic nitrogens is 4. The lowest BCUT2D eigenvalue weighted by Crippen LogP contribution is -2.72.